The molecule has 2 heterocycles. The van der Waals surface area contributed by atoms with Crippen LogP contribution in [0.3, 0.4) is 0 Å². The molecule has 0 unspecified atom stereocenters. The van der Waals surface area contributed by atoms with E-state index >= 15 is 0 Å². The van der Waals surface area contributed by atoms with Gasteiger partial charge in [-0.3, -0.25) is 9.97 Å². The molecule has 2 aromatic heterocycles. The minimum atomic E-state index is 0.638. The Balaban J connectivity index is 1.26. The van der Waals surface area contributed by atoms with Gasteiger partial charge in [-0.05, 0) is 60.7 Å². The van der Waals surface area contributed by atoms with Gasteiger partial charge in [0.25, 0.3) is 0 Å². The molecule has 5 rings (SSSR count). The highest BCUT2D eigenvalue weighted by atomic mass is 16.5. The van der Waals surface area contributed by atoms with E-state index in [2.05, 4.69) is 9.97 Å². The van der Waals surface area contributed by atoms with E-state index in [0.29, 0.717) is 46.0 Å². The lowest BCUT2D eigenvalue weighted by Gasteiger charge is -2.11. The quantitative estimate of drug-likeness (QED) is 0.243. The molecule has 0 fully saturated rings. The van der Waals surface area contributed by atoms with Gasteiger partial charge >= 0.3 is 0 Å². The molecule has 5 aromatic rings. The largest absolute Gasteiger partial charge is 0.457 e. The smallest absolute Gasteiger partial charge is 0.145 e. The lowest BCUT2D eigenvalue weighted by atomic mass is 10.3. The zero-order chi connectivity index (χ0) is 23.0. The maximum Gasteiger partial charge on any atom is 0.145 e. The molecule has 6 nitrogen and oxygen atoms in total. The topological polar surface area (TPSA) is 62.7 Å². The van der Waals surface area contributed by atoms with Gasteiger partial charge in [-0.15, -0.1) is 0 Å². The molecule has 0 aliphatic carbocycles. The highest BCUT2D eigenvalue weighted by Gasteiger charge is 2.05. The first-order valence-electron chi connectivity index (χ1n) is 10.6. The Bertz CT molecular complexity index is 1260. The number of hydrogen-bond acceptors (Lipinski definition) is 6. The van der Waals surface area contributed by atoms with Gasteiger partial charge in [-0.25, -0.2) is 0 Å². The Morgan fingerprint density at radius 1 is 0.353 bits per heavy atom. The lowest BCUT2D eigenvalue weighted by Crippen LogP contribution is -1.89. The molecule has 0 atom stereocenters. The van der Waals surface area contributed by atoms with Crippen LogP contribution in [-0.2, 0) is 0 Å². The first kappa shape index (κ1) is 21.0. The highest BCUT2D eigenvalue weighted by molar-refractivity contribution is 5.43. The van der Waals surface area contributed by atoms with E-state index in [1.165, 1.54) is 0 Å². The predicted molar refractivity (Wildman–Crippen MR) is 128 cm³/mol. The fourth-order valence-corrected chi connectivity index (χ4v) is 3.16. The summed E-state index contributed by atoms with van der Waals surface area (Å²) in [4.78, 5) is 8.12. The predicted octanol–water partition coefficient (Wildman–Crippen LogP) is 7.65. The second-order valence-electron chi connectivity index (χ2n) is 7.21. The van der Waals surface area contributed by atoms with Gasteiger partial charge in [0, 0.05) is 30.6 Å². The first-order valence-corrected chi connectivity index (χ1v) is 10.6. The highest BCUT2D eigenvalue weighted by Crippen LogP contribution is 2.32. The summed E-state index contributed by atoms with van der Waals surface area (Å²) < 4.78 is 23.7. The molecule has 0 aliphatic rings. The van der Waals surface area contributed by atoms with E-state index in [1.54, 1.807) is 24.8 Å². The summed E-state index contributed by atoms with van der Waals surface area (Å²) in [6, 6.07) is 29.6. The van der Waals surface area contributed by atoms with Gasteiger partial charge in [0.1, 0.15) is 46.0 Å². The molecule has 3 aromatic carbocycles. The number of rotatable bonds is 8. The minimum absolute atomic E-state index is 0.638. The summed E-state index contributed by atoms with van der Waals surface area (Å²) in [5.74, 6) is 5.19. The third-order valence-electron chi connectivity index (χ3n) is 4.63. The zero-order valence-electron chi connectivity index (χ0n) is 18.1. The second-order valence-corrected chi connectivity index (χ2v) is 7.21. The lowest BCUT2D eigenvalue weighted by molar-refractivity contribution is 0.447. The van der Waals surface area contributed by atoms with Crippen molar-refractivity contribution in [2.24, 2.45) is 0 Å². The Hall–Kier alpha value is -4.84. The Morgan fingerprint density at radius 2 is 0.647 bits per heavy atom. The van der Waals surface area contributed by atoms with E-state index < -0.39 is 0 Å². The van der Waals surface area contributed by atoms with Crippen molar-refractivity contribution in [2.75, 3.05) is 0 Å². The van der Waals surface area contributed by atoms with Gasteiger partial charge < -0.3 is 18.9 Å². The van der Waals surface area contributed by atoms with E-state index in [4.69, 9.17) is 18.9 Å². The molecular weight excluding hydrogens is 428 g/mol. The third-order valence-corrected chi connectivity index (χ3v) is 4.63. The summed E-state index contributed by atoms with van der Waals surface area (Å²) >= 11 is 0. The number of ether oxygens (including phenoxy) is 4. The molecule has 0 N–H and O–H groups in total. The molecule has 0 saturated carbocycles. The fraction of sp³-hybridized carbons (Fsp3) is 0. The van der Waals surface area contributed by atoms with E-state index in [9.17, 15) is 0 Å². The van der Waals surface area contributed by atoms with Gasteiger partial charge in [-0.2, -0.15) is 0 Å². The zero-order valence-corrected chi connectivity index (χ0v) is 18.1. The summed E-state index contributed by atoms with van der Waals surface area (Å²) in [5, 5.41) is 0. The maximum absolute atomic E-state index is 6.03. The van der Waals surface area contributed by atoms with Crippen molar-refractivity contribution in [3.05, 3.63) is 122 Å². The minimum Gasteiger partial charge on any atom is -0.457 e. The average Bonchev–Trinajstić information content (AvgIpc) is 2.86. The van der Waals surface area contributed by atoms with Gasteiger partial charge in [0.15, 0.2) is 0 Å². The molecule has 0 bridgehead atoms. The number of pyridine rings is 2. The van der Waals surface area contributed by atoms with Crippen molar-refractivity contribution in [3.8, 4) is 46.0 Å². The third kappa shape index (κ3) is 5.69. The molecule has 34 heavy (non-hydrogen) atoms. The summed E-state index contributed by atoms with van der Waals surface area (Å²) in [6.07, 6.45) is 6.72. The Morgan fingerprint density at radius 3 is 0.941 bits per heavy atom. The number of nitrogens with zero attached hydrogens (tertiary/aromatic N) is 2. The Labute approximate surface area is 197 Å². The van der Waals surface area contributed by atoms with Crippen LogP contribution in [0.2, 0.25) is 0 Å². The molecule has 6 heteroatoms. The van der Waals surface area contributed by atoms with Crippen LogP contribution in [0.25, 0.3) is 0 Å². The first-order chi connectivity index (χ1) is 16.8. The van der Waals surface area contributed by atoms with Crippen LogP contribution >= 0.6 is 0 Å². The number of hydrogen-bond donors (Lipinski definition) is 0. The SMILES string of the molecule is c1cncc(Oc2cccc(Oc3cccc(Oc4cccc(Oc5cccnc5)c4)c3)c2)c1. The molecule has 0 amide bonds. The van der Waals surface area contributed by atoms with Crippen molar-refractivity contribution >= 4 is 0 Å². The summed E-state index contributed by atoms with van der Waals surface area (Å²) in [7, 11) is 0. The molecule has 0 aliphatic heterocycles. The summed E-state index contributed by atoms with van der Waals surface area (Å²) in [5.41, 5.74) is 0. The van der Waals surface area contributed by atoms with Crippen molar-refractivity contribution in [2.45, 2.75) is 0 Å². The van der Waals surface area contributed by atoms with E-state index in [-0.39, 0.29) is 0 Å². The standard InChI is InChI=1S/C28H20N2O4/c1-6-21(31-23-8-2-10-25(17-23)33-27-12-4-14-29-19-27)16-22(7-1)32-24-9-3-11-26(18-24)34-28-13-5-15-30-20-28/h1-20H. The van der Waals surface area contributed by atoms with Crippen LogP contribution < -0.4 is 18.9 Å². The molecule has 0 radical (unpaired) electrons. The van der Waals surface area contributed by atoms with Gasteiger partial charge in [0.2, 0.25) is 0 Å². The molecule has 0 spiro atoms. The van der Waals surface area contributed by atoms with Gasteiger partial charge in [0.05, 0.1) is 12.4 Å². The van der Waals surface area contributed by atoms with Crippen LogP contribution in [0.5, 0.6) is 46.0 Å². The molecule has 166 valence electrons. The number of benzene rings is 3. The van der Waals surface area contributed by atoms with Crippen molar-refractivity contribution < 1.29 is 18.9 Å². The van der Waals surface area contributed by atoms with Crippen LogP contribution in [-0.4, -0.2) is 9.97 Å². The van der Waals surface area contributed by atoms with E-state index in [1.807, 2.05) is 97.1 Å². The van der Waals surface area contributed by atoms with E-state index in [0.717, 1.165) is 0 Å². The van der Waals surface area contributed by atoms with Crippen molar-refractivity contribution in [1.82, 2.24) is 9.97 Å². The molecule has 0 saturated heterocycles. The monoisotopic (exact) mass is 448 g/mol. The van der Waals surface area contributed by atoms with Crippen LogP contribution in [0.15, 0.2) is 122 Å². The fourth-order valence-electron chi connectivity index (χ4n) is 3.16. The van der Waals surface area contributed by atoms with Crippen LogP contribution in [0.1, 0.15) is 0 Å². The summed E-state index contributed by atoms with van der Waals surface area (Å²) in [6.45, 7) is 0. The Kier molecular flexibility index (Phi) is 6.30. The second kappa shape index (κ2) is 10.2. The maximum atomic E-state index is 6.03. The van der Waals surface area contributed by atoms with Crippen molar-refractivity contribution in [1.29, 1.82) is 0 Å². The van der Waals surface area contributed by atoms with Crippen LogP contribution in [0, 0.1) is 0 Å². The average molecular weight is 448 g/mol. The normalized spacial score (nSPS) is 10.4. The molecular formula is C28H20N2O4. The number of aromatic nitrogens is 2. The van der Waals surface area contributed by atoms with Crippen molar-refractivity contribution in [3.63, 3.8) is 0 Å². The van der Waals surface area contributed by atoms with Crippen LogP contribution in [0.4, 0.5) is 0 Å². The van der Waals surface area contributed by atoms with Gasteiger partial charge in [-0.1, -0.05) is 18.2 Å².